The summed E-state index contributed by atoms with van der Waals surface area (Å²) in [6.07, 6.45) is -0.742. The molecule has 0 aliphatic heterocycles. The Kier molecular flexibility index (Phi) is 6.44. The first-order chi connectivity index (χ1) is 14.7. The van der Waals surface area contributed by atoms with Crippen LogP contribution in [0.15, 0.2) is 120 Å². The van der Waals surface area contributed by atoms with E-state index in [-0.39, 0.29) is 6.61 Å². The first kappa shape index (κ1) is 20.5. The predicted octanol–water partition coefficient (Wildman–Crippen LogP) is 6.49. The average Bonchev–Trinajstić information content (AvgIpc) is 2.82. The summed E-state index contributed by atoms with van der Waals surface area (Å²) in [5.41, 5.74) is 3.04. The van der Waals surface area contributed by atoms with Crippen LogP contribution in [0.25, 0.3) is 0 Å². The predicted molar refractivity (Wildman–Crippen MR) is 124 cm³/mol. The van der Waals surface area contributed by atoms with E-state index in [4.69, 9.17) is 4.74 Å². The number of halogens is 1. The van der Waals surface area contributed by atoms with Crippen molar-refractivity contribution in [3.05, 3.63) is 142 Å². The number of rotatable bonds is 7. The Balaban J connectivity index is 1.79. The van der Waals surface area contributed by atoms with Crippen molar-refractivity contribution < 1.29 is 9.84 Å². The van der Waals surface area contributed by atoms with Crippen molar-refractivity contribution in [1.82, 2.24) is 0 Å². The van der Waals surface area contributed by atoms with E-state index in [1.165, 1.54) is 0 Å². The fourth-order valence-electron chi connectivity index (χ4n) is 3.75. The Bertz CT molecular complexity index is 952. The minimum Gasteiger partial charge on any atom is -0.386 e. The monoisotopic (exact) mass is 458 g/mol. The molecule has 0 aliphatic rings. The standard InChI is InChI=1S/C27H23BrO2/c28-25-18-16-21(17-19-25)26(29)20-30-27(22-10-4-1-5-11-22,23-12-6-2-7-13-23)24-14-8-3-9-15-24/h1-19,26,29H,20H2/t26-/m1/s1. The fourth-order valence-corrected chi connectivity index (χ4v) is 4.02. The van der Waals surface area contributed by atoms with Gasteiger partial charge in [-0.1, -0.05) is 119 Å². The average molecular weight is 459 g/mol. The lowest BCUT2D eigenvalue weighted by molar-refractivity contribution is -0.0390. The number of hydrogen-bond acceptors (Lipinski definition) is 2. The second kappa shape index (κ2) is 9.40. The lowest BCUT2D eigenvalue weighted by atomic mass is 9.80. The van der Waals surface area contributed by atoms with Gasteiger partial charge in [-0.15, -0.1) is 0 Å². The molecule has 30 heavy (non-hydrogen) atoms. The van der Waals surface area contributed by atoms with Gasteiger partial charge in [0.2, 0.25) is 0 Å². The Morgan fingerprint density at radius 2 is 1.03 bits per heavy atom. The van der Waals surface area contributed by atoms with Crippen LogP contribution < -0.4 is 0 Å². The number of aliphatic hydroxyl groups is 1. The SMILES string of the molecule is O[C@H](COC(c1ccccc1)(c1ccccc1)c1ccccc1)c1ccc(Br)cc1. The summed E-state index contributed by atoms with van der Waals surface area (Å²) in [4.78, 5) is 0. The van der Waals surface area contributed by atoms with Crippen molar-refractivity contribution in [3.63, 3.8) is 0 Å². The highest BCUT2D eigenvalue weighted by Crippen LogP contribution is 2.41. The maximum absolute atomic E-state index is 10.9. The van der Waals surface area contributed by atoms with Crippen molar-refractivity contribution in [2.24, 2.45) is 0 Å². The van der Waals surface area contributed by atoms with Gasteiger partial charge in [0.15, 0.2) is 0 Å². The maximum atomic E-state index is 10.9. The zero-order valence-electron chi connectivity index (χ0n) is 16.5. The highest BCUT2D eigenvalue weighted by Gasteiger charge is 2.38. The van der Waals surface area contributed by atoms with Gasteiger partial charge in [0.1, 0.15) is 11.7 Å². The van der Waals surface area contributed by atoms with E-state index in [0.29, 0.717) is 0 Å². The molecule has 0 amide bonds. The molecule has 0 heterocycles. The molecule has 1 atom stereocenters. The minimum atomic E-state index is -0.833. The normalized spacial score (nSPS) is 12.5. The third-order valence-electron chi connectivity index (χ3n) is 5.25. The van der Waals surface area contributed by atoms with Crippen molar-refractivity contribution in [2.75, 3.05) is 6.61 Å². The van der Waals surface area contributed by atoms with E-state index in [1.807, 2.05) is 78.9 Å². The van der Waals surface area contributed by atoms with Crippen LogP contribution in [-0.2, 0) is 10.3 Å². The Hall–Kier alpha value is -2.72. The largest absolute Gasteiger partial charge is 0.386 e. The van der Waals surface area contributed by atoms with Gasteiger partial charge in [-0.05, 0) is 34.4 Å². The lowest BCUT2D eigenvalue weighted by Gasteiger charge is -2.36. The molecule has 1 N–H and O–H groups in total. The van der Waals surface area contributed by atoms with Gasteiger partial charge in [0, 0.05) is 4.47 Å². The molecular weight excluding hydrogens is 436 g/mol. The lowest BCUT2D eigenvalue weighted by Crippen LogP contribution is -2.34. The van der Waals surface area contributed by atoms with Crippen molar-refractivity contribution in [2.45, 2.75) is 11.7 Å². The first-order valence-electron chi connectivity index (χ1n) is 9.94. The summed E-state index contributed by atoms with van der Waals surface area (Å²) < 4.78 is 7.65. The van der Waals surface area contributed by atoms with Gasteiger partial charge in [-0.25, -0.2) is 0 Å². The Labute approximate surface area is 185 Å². The van der Waals surface area contributed by atoms with Gasteiger partial charge >= 0.3 is 0 Å². The Morgan fingerprint density at radius 1 is 0.633 bits per heavy atom. The minimum absolute atomic E-state index is 0.153. The van der Waals surface area contributed by atoms with Crippen molar-refractivity contribution in [3.8, 4) is 0 Å². The van der Waals surface area contributed by atoms with E-state index in [0.717, 1.165) is 26.7 Å². The van der Waals surface area contributed by atoms with Crippen molar-refractivity contribution >= 4 is 15.9 Å². The van der Waals surface area contributed by atoms with Crippen LogP contribution in [0.5, 0.6) is 0 Å². The molecule has 0 fully saturated rings. The van der Waals surface area contributed by atoms with Crippen LogP contribution in [-0.4, -0.2) is 11.7 Å². The molecule has 150 valence electrons. The molecule has 0 unspecified atom stereocenters. The zero-order valence-corrected chi connectivity index (χ0v) is 18.1. The van der Waals surface area contributed by atoms with Gasteiger partial charge in [0.25, 0.3) is 0 Å². The molecule has 0 spiro atoms. The second-order valence-corrected chi connectivity index (χ2v) is 8.07. The molecule has 4 aromatic carbocycles. The fraction of sp³-hybridized carbons (Fsp3) is 0.111. The third kappa shape index (κ3) is 4.24. The molecule has 3 heteroatoms. The molecule has 4 rings (SSSR count). The highest BCUT2D eigenvalue weighted by molar-refractivity contribution is 9.10. The molecule has 4 aromatic rings. The van der Waals surface area contributed by atoms with E-state index in [2.05, 4.69) is 52.3 Å². The summed E-state index contributed by atoms with van der Waals surface area (Å²) in [7, 11) is 0. The van der Waals surface area contributed by atoms with Crippen LogP contribution in [0, 0.1) is 0 Å². The second-order valence-electron chi connectivity index (χ2n) is 7.16. The van der Waals surface area contributed by atoms with E-state index < -0.39 is 11.7 Å². The van der Waals surface area contributed by atoms with E-state index in [9.17, 15) is 5.11 Å². The molecule has 0 radical (unpaired) electrons. The number of hydrogen-bond donors (Lipinski definition) is 1. The van der Waals surface area contributed by atoms with Crippen molar-refractivity contribution in [1.29, 1.82) is 0 Å². The van der Waals surface area contributed by atoms with Gasteiger partial charge < -0.3 is 9.84 Å². The van der Waals surface area contributed by atoms with Crippen LogP contribution >= 0.6 is 15.9 Å². The van der Waals surface area contributed by atoms with E-state index >= 15 is 0 Å². The smallest absolute Gasteiger partial charge is 0.143 e. The Morgan fingerprint density at radius 3 is 1.43 bits per heavy atom. The molecular formula is C27H23BrO2. The number of ether oxygens (including phenoxy) is 1. The quantitative estimate of drug-likeness (QED) is 0.320. The molecule has 0 saturated heterocycles. The van der Waals surface area contributed by atoms with Crippen LogP contribution in [0.4, 0.5) is 0 Å². The molecule has 0 bridgehead atoms. The first-order valence-corrected chi connectivity index (χ1v) is 10.7. The maximum Gasteiger partial charge on any atom is 0.143 e. The van der Waals surface area contributed by atoms with Gasteiger partial charge in [-0.3, -0.25) is 0 Å². The molecule has 0 aromatic heterocycles. The summed E-state index contributed by atoms with van der Waals surface area (Å²) >= 11 is 3.44. The number of aliphatic hydroxyl groups excluding tert-OH is 1. The van der Waals surface area contributed by atoms with E-state index in [1.54, 1.807) is 0 Å². The molecule has 2 nitrogen and oxygen atoms in total. The summed E-state index contributed by atoms with van der Waals surface area (Å²) in [6.45, 7) is 0.153. The zero-order chi connectivity index (χ0) is 20.8. The van der Waals surface area contributed by atoms with Crippen LogP contribution in [0.2, 0.25) is 0 Å². The van der Waals surface area contributed by atoms with Gasteiger partial charge in [0.05, 0.1) is 6.61 Å². The van der Waals surface area contributed by atoms with Crippen LogP contribution in [0.1, 0.15) is 28.4 Å². The summed E-state index contributed by atoms with van der Waals surface area (Å²) in [5, 5.41) is 10.9. The number of benzene rings is 4. The molecule has 0 saturated carbocycles. The highest BCUT2D eigenvalue weighted by atomic mass is 79.9. The van der Waals surface area contributed by atoms with Crippen LogP contribution in [0.3, 0.4) is 0 Å². The third-order valence-corrected chi connectivity index (χ3v) is 5.78. The molecule has 0 aliphatic carbocycles. The van der Waals surface area contributed by atoms with Gasteiger partial charge in [-0.2, -0.15) is 0 Å². The summed E-state index contributed by atoms with van der Waals surface area (Å²) in [6, 6.07) is 38.2. The summed E-state index contributed by atoms with van der Waals surface area (Å²) in [5.74, 6) is 0. The topological polar surface area (TPSA) is 29.5 Å².